The monoisotopic (exact) mass is 228 g/mol. The Morgan fingerprint density at radius 2 is 2.21 bits per heavy atom. The third kappa shape index (κ3) is 2.63. The molecule has 72 valence electrons. The molecule has 0 unspecified atom stereocenters. The van der Waals surface area contributed by atoms with E-state index in [1.165, 1.54) is 12.1 Å². The molecule has 1 N–H and O–H groups in total. The van der Waals surface area contributed by atoms with Crippen LogP contribution in [0.1, 0.15) is 10.4 Å². The zero-order valence-corrected chi connectivity index (χ0v) is 8.56. The topological polar surface area (TPSA) is 52.9 Å². The summed E-state index contributed by atoms with van der Waals surface area (Å²) in [5.74, 6) is -0.404. The summed E-state index contributed by atoms with van der Waals surface area (Å²) < 4.78 is 0. The van der Waals surface area contributed by atoms with Gasteiger partial charge in [-0.3, -0.25) is 4.79 Å². The summed E-state index contributed by atoms with van der Waals surface area (Å²) in [6.07, 6.45) is 0. The van der Waals surface area contributed by atoms with E-state index in [-0.39, 0.29) is 12.1 Å². The zero-order valence-electron chi connectivity index (χ0n) is 7.05. The lowest BCUT2D eigenvalue weighted by Gasteiger charge is -2.03. The SMILES string of the molecule is N#CCNC(=O)c1cc(Cl)ccc1Cl. The van der Waals surface area contributed by atoms with Gasteiger partial charge in [0.05, 0.1) is 16.7 Å². The maximum Gasteiger partial charge on any atom is 0.253 e. The van der Waals surface area contributed by atoms with Crippen molar-refractivity contribution in [2.24, 2.45) is 0 Å². The van der Waals surface area contributed by atoms with Gasteiger partial charge in [0.15, 0.2) is 0 Å². The molecular formula is C9H6Cl2N2O. The quantitative estimate of drug-likeness (QED) is 0.790. The second kappa shape index (κ2) is 4.85. The first-order chi connectivity index (χ1) is 6.65. The number of nitrogens with one attached hydrogen (secondary N) is 1. The van der Waals surface area contributed by atoms with Crippen LogP contribution in [0.2, 0.25) is 10.0 Å². The van der Waals surface area contributed by atoms with Gasteiger partial charge in [0.2, 0.25) is 0 Å². The Morgan fingerprint density at radius 1 is 1.50 bits per heavy atom. The molecule has 0 spiro atoms. The molecule has 14 heavy (non-hydrogen) atoms. The van der Waals surface area contributed by atoms with E-state index >= 15 is 0 Å². The van der Waals surface area contributed by atoms with E-state index < -0.39 is 5.91 Å². The van der Waals surface area contributed by atoms with Crippen molar-refractivity contribution in [3.8, 4) is 6.07 Å². The molecule has 0 radical (unpaired) electrons. The van der Waals surface area contributed by atoms with E-state index in [0.717, 1.165) is 0 Å². The lowest BCUT2D eigenvalue weighted by Crippen LogP contribution is -2.23. The molecule has 0 aliphatic rings. The molecule has 0 aliphatic heterocycles. The number of rotatable bonds is 2. The van der Waals surface area contributed by atoms with Crippen molar-refractivity contribution >= 4 is 29.1 Å². The molecule has 5 heteroatoms. The third-order valence-electron chi connectivity index (χ3n) is 1.50. The van der Waals surface area contributed by atoms with Crippen molar-refractivity contribution in [1.29, 1.82) is 5.26 Å². The molecule has 0 bridgehead atoms. The van der Waals surface area contributed by atoms with Crippen LogP contribution in [0, 0.1) is 11.3 Å². The molecule has 1 rings (SSSR count). The van der Waals surface area contributed by atoms with Crippen LogP contribution in [-0.2, 0) is 0 Å². The molecule has 0 atom stereocenters. The van der Waals surface area contributed by atoms with Crippen LogP contribution in [-0.4, -0.2) is 12.5 Å². The fraction of sp³-hybridized carbons (Fsp3) is 0.111. The molecular weight excluding hydrogens is 223 g/mol. The van der Waals surface area contributed by atoms with Gasteiger partial charge in [-0.15, -0.1) is 0 Å². The molecule has 1 amide bonds. The fourth-order valence-corrected chi connectivity index (χ4v) is 1.26. The maximum absolute atomic E-state index is 11.4. The third-order valence-corrected chi connectivity index (χ3v) is 2.07. The minimum atomic E-state index is -0.404. The highest BCUT2D eigenvalue weighted by molar-refractivity contribution is 6.35. The minimum absolute atomic E-state index is 0.0539. The molecule has 0 saturated heterocycles. The first-order valence-electron chi connectivity index (χ1n) is 3.75. The van der Waals surface area contributed by atoms with Gasteiger partial charge in [0.1, 0.15) is 6.54 Å². The van der Waals surface area contributed by atoms with Crippen LogP contribution in [0.4, 0.5) is 0 Å². The van der Waals surface area contributed by atoms with Gasteiger partial charge in [0.25, 0.3) is 5.91 Å². The summed E-state index contributed by atoms with van der Waals surface area (Å²) >= 11 is 11.5. The Morgan fingerprint density at radius 3 is 2.86 bits per heavy atom. The normalized spacial score (nSPS) is 9.21. The number of halogens is 2. The van der Waals surface area contributed by atoms with E-state index in [0.29, 0.717) is 10.0 Å². The van der Waals surface area contributed by atoms with Gasteiger partial charge in [-0.2, -0.15) is 5.26 Å². The highest BCUT2D eigenvalue weighted by Crippen LogP contribution is 2.20. The van der Waals surface area contributed by atoms with Gasteiger partial charge >= 0.3 is 0 Å². The Balaban J connectivity index is 2.90. The van der Waals surface area contributed by atoms with Gasteiger partial charge in [-0.1, -0.05) is 23.2 Å². The number of hydrogen-bond acceptors (Lipinski definition) is 2. The predicted molar refractivity (Wildman–Crippen MR) is 54.4 cm³/mol. The van der Waals surface area contributed by atoms with Gasteiger partial charge in [-0.05, 0) is 18.2 Å². The number of carbonyl (C=O) groups is 1. The summed E-state index contributed by atoms with van der Waals surface area (Å²) in [5, 5.41) is 11.4. The molecule has 0 aromatic heterocycles. The molecule has 1 aromatic carbocycles. The van der Waals surface area contributed by atoms with Crippen molar-refractivity contribution in [3.63, 3.8) is 0 Å². The molecule has 0 aliphatic carbocycles. The number of benzene rings is 1. The Kier molecular flexibility index (Phi) is 3.75. The molecule has 1 aromatic rings. The largest absolute Gasteiger partial charge is 0.339 e. The smallest absolute Gasteiger partial charge is 0.253 e. The van der Waals surface area contributed by atoms with Crippen LogP contribution in [0.3, 0.4) is 0 Å². The van der Waals surface area contributed by atoms with Crippen LogP contribution in [0.15, 0.2) is 18.2 Å². The second-order valence-electron chi connectivity index (χ2n) is 2.46. The van der Waals surface area contributed by atoms with Crippen molar-refractivity contribution in [2.45, 2.75) is 0 Å². The van der Waals surface area contributed by atoms with Gasteiger partial charge in [0, 0.05) is 5.02 Å². The summed E-state index contributed by atoms with van der Waals surface area (Å²) in [6.45, 7) is -0.0539. The van der Waals surface area contributed by atoms with Crippen LogP contribution in [0.25, 0.3) is 0 Å². The number of hydrogen-bond donors (Lipinski definition) is 1. The van der Waals surface area contributed by atoms with Gasteiger partial charge in [-0.25, -0.2) is 0 Å². The lowest BCUT2D eigenvalue weighted by molar-refractivity contribution is 0.0958. The van der Waals surface area contributed by atoms with Crippen molar-refractivity contribution in [3.05, 3.63) is 33.8 Å². The average molecular weight is 229 g/mol. The average Bonchev–Trinajstić information content (AvgIpc) is 2.18. The predicted octanol–water partition coefficient (Wildman–Crippen LogP) is 2.25. The molecule has 0 saturated carbocycles. The summed E-state index contributed by atoms with van der Waals surface area (Å²) in [4.78, 5) is 11.4. The minimum Gasteiger partial charge on any atom is -0.339 e. The molecule has 0 heterocycles. The number of nitrogens with zero attached hydrogens (tertiary/aromatic N) is 1. The van der Waals surface area contributed by atoms with E-state index in [1.807, 2.05) is 0 Å². The van der Waals surface area contributed by atoms with E-state index in [2.05, 4.69) is 5.32 Å². The van der Waals surface area contributed by atoms with E-state index in [9.17, 15) is 4.79 Å². The van der Waals surface area contributed by atoms with Crippen molar-refractivity contribution in [1.82, 2.24) is 5.32 Å². The van der Waals surface area contributed by atoms with Crippen molar-refractivity contribution in [2.75, 3.05) is 6.54 Å². The zero-order chi connectivity index (χ0) is 10.6. The maximum atomic E-state index is 11.4. The van der Waals surface area contributed by atoms with Crippen LogP contribution < -0.4 is 5.32 Å². The van der Waals surface area contributed by atoms with Gasteiger partial charge < -0.3 is 5.32 Å². The summed E-state index contributed by atoms with van der Waals surface area (Å²) in [5.41, 5.74) is 0.273. The summed E-state index contributed by atoms with van der Waals surface area (Å²) in [6, 6.07) is 6.37. The van der Waals surface area contributed by atoms with E-state index in [4.69, 9.17) is 28.5 Å². The number of amides is 1. The molecule has 0 fully saturated rings. The van der Waals surface area contributed by atoms with Crippen molar-refractivity contribution < 1.29 is 4.79 Å². The Labute approximate surface area is 91.2 Å². The first-order valence-corrected chi connectivity index (χ1v) is 4.51. The Hall–Kier alpha value is -1.24. The number of carbonyl (C=O) groups excluding carboxylic acids is 1. The second-order valence-corrected chi connectivity index (χ2v) is 3.31. The summed E-state index contributed by atoms with van der Waals surface area (Å²) in [7, 11) is 0. The van der Waals surface area contributed by atoms with Crippen LogP contribution >= 0.6 is 23.2 Å². The fourth-order valence-electron chi connectivity index (χ4n) is 0.887. The van der Waals surface area contributed by atoms with E-state index in [1.54, 1.807) is 12.1 Å². The highest BCUT2D eigenvalue weighted by Gasteiger charge is 2.09. The highest BCUT2D eigenvalue weighted by atomic mass is 35.5. The lowest BCUT2D eigenvalue weighted by atomic mass is 10.2. The first kappa shape index (κ1) is 10.8. The Bertz CT molecular complexity index is 398. The van der Waals surface area contributed by atoms with Crippen LogP contribution in [0.5, 0.6) is 0 Å². The number of nitriles is 1. The molecule has 3 nitrogen and oxygen atoms in total. The standard InChI is InChI=1S/C9H6Cl2N2O/c10-6-1-2-8(11)7(5-6)9(14)13-4-3-12/h1-2,5H,4H2,(H,13,14).